The second-order valence-electron chi connectivity index (χ2n) is 4.29. The first kappa shape index (κ1) is 13.6. The van der Waals surface area contributed by atoms with Crippen molar-refractivity contribution in [1.82, 2.24) is 9.78 Å². The highest BCUT2D eigenvalue weighted by molar-refractivity contribution is 6.00. The van der Waals surface area contributed by atoms with Crippen LogP contribution in [0.5, 0.6) is 0 Å². The van der Waals surface area contributed by atoms with Gasteiger partial charge in [-0.3, -0.25) is 10.00 Å². The van der Waals surface area contributed by atoms with E-state index in [0.717, 1.165) is 5.56 Å². The number of aromatic carboxylic acids is 1. The number of nitrogens with zero attached hydrogens (tertiary/aromatic N) is 2. The van der Waals surface area contributed by atoms with Crippen LogP contribution in [-0.4, -0.2) is 26.9 Å². The summed E-state index contributed by atoms with van der Waals surface area (Å²) < 4.78 is 1.56. The van der Waals surface area contributed by atoms with Gasteiger partial charge in [0.2, 0.25) is 0 Å². The van der Waals surface area contributed by atoms with Crippen molar-refractivity contribution in [1.29, 1.82) is 0 Å². The van der Waals surface area contributed by atoms with Crippen molar-refractivity contribution in [3.8, 4) is 0 Å². The molecule has 0 aliphatic heterocycles. The zero-order valence-corrected chi connectivity index (χ0v) is 11.0. The number of carbonyl (C=O) groups excluding carboxylic acids is 1. The molecule has 3 N–H and O–H groups in total. The molecule has 1 aromatic heterocycles. The van der Waals surface area contributed by atoms with E-state index in [9.17, 15) is 9.59 Å². The minimum atomic E-state index is -1.04. The summed E-state index contributed by atoms with van der Waals surface area (Å²) in [6, 6.07) is 5.71. The van der Waals surface area contributed by atoms with E-state index < -0.39 is 12.0 Å². The summed E-state index contributed by atoms with van der Waals surface area (Å²) in [5.74, 6) is -0.629. The number of aromatic nitrogens is 2. The molecule has 0 saturated heterocycles. The minimum absolute atomic E-state index is 0.115. The van der Waals surface area contributed by atoms with E-state index in [1.165, 1.54) is 12.1 Å². The SMILES string of the molecule is Cc1ccc(C(=O)O)cc1NC(=O)Nc1ccn(C)n1. The van der Waals surface area contributed by atoms with E-state index >= 15 is 0 Å². The highest BCUT2D eigenvalue weighted by Crippen LogP contribution is 2.17. The third-order valence-electron chi connectivity index (χ3n) is 2.69. The Hall–Kier alpha value is -2.83. The minimum Gasteiger partial charge on any atom is -0.478 e. The second-order valence-corrected chi connectivity index (χ2v) is 4.29. The van der Waals surface area contributed by atoms with E-state index in [-0.39, 0.29) is 5.56 Å². The molecule has 0 saturated carbocycles. The monoisotopic (exact) mass is 274 g/mol. The van der Waals surface area contributed by atoms with Crippen LogP contribution in [0.3, 0.4) is 0 Å². The molecule has 0 unspecified atom stereocenters. The Balaban J connectivity index is 2.11. The number of nitrogens with one attached hydrogen (secondary N) is 2. The summed E-state index contributed by atoms with van der Waals surface area (Å²) in [4.78, 5) is 22.7. The highest BCUT2D eigenvalue weighted by atomic mass is 16.4. The first-order valence-electron chi connectivity index (χ1n) is 5.87. The summed E-state index contributed by atoms with van der Waals surface area (Å²) >= 11 is 0. The topological polar surface area (TPSA) is 96.3 Å². The largest absolute Gasteiger partial charge is 0.478 e. The number of aryl methyl sites for hydroxylation is 2. The number of hydrogen-bond acceptors (Lipinski definition) is 3. The Morgan fingerprint density at radius 3 is 2.60 bits per heavy atom. The number of amides is 2. The molecule has 0 spiro atoms. The Bertz CT molecular complexity index is 663. The zero-order chi connectivity index (χ0) is 14.7. The number of hydrogen-bond donors (Lipinski definition) is 3. The quantitative estimate of drug-likeness (QED) is 0.798. The van der Waals surface area contributed by atoms with Gasteiger partial charge in [0.05, 0.1) is 5.56 Å². The smallest absolute Gasteiger partial charge is 0.335 e. The van der Waals surface area contributed by atoms with Crippen LogP contribution in [0.25, 0.3) is 0 Å². The summed E-state index contributed by atoms with van der Waals surface area (Å²) in [6.45, 7) is 1.78. The van der Waals surface area contributed by atoms with Crippen molar-refractivity contribution in [3.05, 3.63) is 41.6 Å². The lowest BCUT2D eigenvalue weighted by Crippen LogP contribution is -2.20. The molecule has 20 heavy (non-hydrogen) atoms. The van der Waals surface area contributed by atoms with Gasteiger partial charge in [0.25, 0.3) is 0 Å². The summed E-state index contributed by atoms with van der Waals surface area (Å²) in [7, 11) is 1.74. The zero-order valence-electron chi connectivity index (χ0n) is 11.0. The number of benzene rings is 1. The van der Waals surface area contributed by atoms with Crippen LogP contribution in [0.2, 0.25) is 0 Å². The first-order chi connectivity index (χ1) is 9.45. The van der Waals surface area contributed by atoms with Crippen LogP contribution < -0.4 is 10.6 Å². The third-order valence-corrected chi connectivity index (χ3v) is 2.69. The molecular formula is C13H14N4O3. The Labute approximate surface area is 115 Å². The van der Waals surface area contributed by atoms with Gasteiger partial charge in [-0.05, 0) is 24.6 Å². The predicted octanol–water partition coefficient (Wildman–Crippen LogP) is 2.07. The van der Waals surface area contributed by atoms with Crippen molar-refractivity contribution < 1.29 is 14.7 Å². The van der Waals surface area contributed by atoms with Gasteiger partial charge in [-0.15, -0.1) is 0 Å². The summed E-state index contributed by atoms with van der Waals surface area (Å²) in [6.07, 6.45) is 1.70. The number of carboxylic acids is 1. The molecule has 0 aliphatic rings. The fourth-order valence-corrected chi connectivity index (χ4v) is 1.64. The van der Waals surface area contributed by atoms with Gasteiger partial charge in [-0.2, -0.15) is 5.10 Å². The van der Waals surface area contributed by atoms with E-state index in [1.807, 2.05) is 0 Å². The maximum atomic E-state index is 11.8. The molecule has 0 fully saturated rings. The molecule has 0 bridgehead atoms. The molecule has 104 valence electrons. The van der Waals surface area contributed by atoms with Gasteiger partial charge < -0.3 is 10.4 Å². The fraction of sp³-hybridized carbons (Fsp3) is 0.154. The van der Waals surface area contributed by atoms with Crippen molar-refractivity contribution in [2.24, 2.45) is 7.05 Å². The maximum Gasteiger partial charge on any atom is 0.335 e. The average molecular weight is 274 g/mol. The predicted molar refractivity (Wildman–Crippen MR) is 74.0 cm³/mol. The number of carbonyl (C=O) groups is 2. The van der Waals surface area contributed by atoms with Crippen molar-refractivity contribution in [3.63, 3.8) is 0 Å². The van der Waals surface area contributed by atoms with Gasteiger partial charge in [0, 0.05) is 25.0 Å². The fourth-order valence-electron chi connectivity index (χ4n) is 1.64. The standard InChI is InChI=1S/C13H14N4O3/c1-8-3-4-9(12(18)19)7-10(8)14-13(20)15-11-5-6-17(2)16-11/h3-7H,1-2H3,(H,18,19)(H2,14,15,16,20). The molecule has 7 nitrogen and oxygen atoms in total. The molecule has 7 heteroatoms. The third kappa shape index (κ3) is 3.14. The molecule has 2 aromatic rings. The average Bonchev–Trinajstić information content (AvgIpc) is 2.77. The lowest BCUT2D eigenvalue weighted by molar-refractivity contribution is 0.0697. The Morgan fingerprint density at radius 1 is 1.25 bits per heavy atom. The van der Waals surface area contributed by atoms with Crippen LogP contribution in [0.15, 0.2) is 30.5 Å². The maximum absolute atomic E-state index is 11.8. The second kappa shape index (κ2) is 5.43. The van der Waals surface area contributed by atoms with Gasteiger partial charge in [0.15, 0.2) is 5.82 Å². The van der Waals surface area contributed by atoms with Gasteiger partial charge >= 0.3 is 12.0 Å². The van der Waals surface area contributed by atoms with Crippen LogP contribution in [-0.2, 0) is 7.05 Å². The van der Waals surface area contributed by atoms with E-state index in [1.54, 1.807) is 37.0 Å². The van der Waals surface area contributed by atoms with Crippen molar-refractivity contribution in [2.75, 3.05) is 10.6 Å². The Kier molecular flexibility index (Phi) is 3.69. The van der Waals surface area contributed by atoms with Crippen LogP contribution >= 0.6 is 0 Å². The van der Waals surface area contributed by atoms with Gasteiger partial charge in [-0.1, -0.05) is 6.07 Å². The molecule has 2 rings (SSSR count). The molecule has 0 atom stereocenters. The van der Waals surface area contributed by atoms with Crippen LogP contribution in [0, 0.1) is 6.92 Å². The summed E-state index contributed by atoms with van der Waals surface area (Å²) in [5.41, 5.74) is 1.33. The Morgan fingerprint density at radius 2 is 2.00 bits per heavy atom. The van der Waals surface area contributed by atoms with Gasteiger partial charge in [0.1, 0.15) is 0 Å². The number of rotatable bonds is 3. The van der Waals surface area contributed by atoms with E-state index in [2.05, 4.69) is 15.7 Å². The highest BCUT2D eigenvalue weighted by Gasteiger charge is 2.09. The van der Waals surface area contributed by atoms with Crippen LogP contribution in [0.4, 0.5) is 16.3 Å². The molecule has 2 amide bonds. The lowest BCUT2D eigenvalue weighted by atomic mass is 10.1. The van der Waals surface area contributed by atoms with Crippen molar-refractivity contribution >= 4 is 23.5 Å². The van der Waals surface area contributed by atoms with Gasteiger partial charge in [-0.25, -0.2) is 9.59 Å². The molecule has 1 heterocycles. The summed E-state index contributed by atoms with van der Waals surface area (Å²) in [5, 5.41) is 18.1. The number of urea groups is 1. The van der Waals surface area contributed by atoms with E-state index in [4.69, 9.17) is 5.11 Å². The number of anilines is 2. The normalized spacial score (nSPS) is 10.1. The molecule has 0 aliphatic carbocycles. The molecular weight excluding hydrogens is 260 g/mol. The van der Waals surface area contributed by atoms with Crippen LogP contribution in [0.1, 0.15) is 15.9 Å². The van der Waals surface area contributed by atoms with E-state index in [0.29, 0.717) is 11.5 Å². The molecule has 1 aromatic carbocycles. The van der Waals surface area contributed by atoms with Crippen molar-refractivity contribution in [2.45, 2.75) is 6.92 Å². The number of carboxylic acid groups (broad SMARTS) is 1. The molecule has 0 radical (unpaired) electrons. The first-order valence-corrected chi connectivity index (χ1v) is 5.87. The lowest BCUT2D eigenvalue weighted by Gasteiger charge is -2.09.